The van der Waals surface area contributed by atoms with Crippen LogP contribution in [0.25, 0.3) is 10.9 Å². The van der Waals surface area contributed by atoms with Gasteiger partial charge in [0.1, 0.15) is 0 Å². The Bertz CT molecular complexity index is 590. The van der Waals surface area contributed by atoms with Crippen LogP contribution >= 0.6 is 0 Å². The van der Waals surface area contributed by atoms with Gasteiger partial charge in [0.15, 0.2) is 0 Å². The van der Waals surface area contributed by atoms with Crippen LogP contribution in [0.15, 0.2) is 27.4 Å². The molecule has 90 valence electrons. The smallest absolute Gasteiger partial charge is 0.397 e. The summed E-state index contributed by atoms with van der Waals surface area (Å²) in [5.41, 5.74) is 1.08. The highest BCUT2D eigenvalue weighted by atomic mass is 16.6. The van der Waals surface area contributed by atoms with Crippen molar-refractivity contribution >= 4 is 16.6 Å². The van der Waals surface area contributed by atoms with E-state index in [2.05, 4.69) is 4.98 Å². The molecule has 0 N–H and O–H groups in total. The van der Waals surface area contributed by atoms with Gasteiger partial charge in [-0.1, -0.05) is 0 Å². The van der Waals surface area contributed by atoms with Crippen molar-refractivity contribution in [3.05, 3.63) is 28.6 Å². The predicted molar refractivity (Wildman–Crippen MR) is 65.8 cm³/mol. The Morgan fingerprint density at radius 3 is 2.82 bits per heavy atom. The summed E-state index contributed by atoms with van der Waals surface area (Å²) in [7, 11) is 3.82. The van der Waals surface area contributed by atoms with Gasteiger partial charge in [-0.25, -0.2) is 4.79 Å². The van der Waals surface area contributed by atoms with Crippen LogP contribution in [-0.2, 0) is 0 Å². The maximum atomic E-state index is 11.7. The highest BCUT2D eigenvalue weighted by Gasteiger charge is 2.08. The summed E-state index contributed by atoms with van der Waals surface area (Å²) in [6.07, 6.45) is 0.0163. The monoisotopic (exact) mass is 234 g/mol. The number of nitrogens with zero attached hydrogens (tertiary/aromatic N) is 2. The standard InChI is InChI=1S/C12H14N2O3/c1-4-16-12-13-10-6-5-8(14(2)3)7-9(10)11(15)17-12/h5-7H,4H2,1-3H3. The van der Waals surface area contributed by atoms with Crippen molar-refractivity contribution in [2.45, 2.75) is 6.92 Å². The molecule has 0 unspecified atom stereocenters. The van der Waals surface area contributed by atoms with Crippen LogP contribution in [0.1, 0.15) is 6.92 Å². The second-order valence-corrected chi connectivity index (χ2v) is 3.80. The van der Waals surface area contributed by atoms with Gasteiger partial charge in [-0.3, -0.25) is 0 Å². The van der Waals surface area contributed by atoms with E-state index < -0.39 is 5.63 Å². The number of hydrogen-bond acceptors (Lipinski definition) is 5. The topological polar surface area (TPSA) is 55.6 Å². The molecule has 0 fully saturated rings. The lowest BCUT2D eigenvalue weighted by molar-refractivity contribution is 0.229. The van der Waals surface area contributed by atoms with E-state index in [0.29, 0.717) is 17.5 Å². The number of ether oxygens (including phenoxy) is 1. The van der Waals surface area contributed by atoms with Gasteiger partial charge in [0.05, 0.1) is 17.5 Å². The van der Waals surface area contributed by atoms with Crippen molar-refractivity contribution in [2.24, 2.45) is 0 Å². The highest BCUT2D eigenvalue weighted by Crippen LogP contribution is 2.18. The predicted octanol–water partition coefficient (Wildman–Crippen LogP) is 1.65. The Hall–Kier alpha value is -2.04. The number of rotatable bonds is 3. The van der Waals surface area contributed by atoms with E-state index in [1.54, 1.807) is 19.1 Å². The molecule has 5 nitrogen and oxygen atoms in total. The average molecular weight is 234 g/mol. The molecule has 1 aromatic carbocycles. The number of benzene rings is 1. The largest absolute Gasteiger partial charge is 0.450 e. The van der Waals surface area contributed by atoms with Gasteiger partial charge >= 0.3 is 11.7 Å². The molecule has 17 heavy (non-hydrogen) atoms. The first kappa shape index (κ1) is 11.4. The lowest BCUT2D eigenvalue weighted by Gasteiger charge is -2.12. The third-order valence-electron chi connectivity index (χ3n) is 2.38. The van der Waals surface area contributed by atoms with Crippen molar-refractivity contribution in [3.8, 4) is 6.08 Å². The lowest BCUT2D eigenvalue weighted by Crippen LogP contribution is -2.10. The van der Waals surface area contributed by atoms with Crippen LogP contribution in [0, 0.1) is 0 Å². The molecule has 1 heterocycles. The summed E-state index contributed by atoms with van der Waals surface area (Å²) < 4.78 is 10.0. The molecule has 0 saturated carbocycles. The second-order valence-electron chi connectivity index (χ2n) is 3.80. The van der Waals surface area contributed by atoms with E-state index in [-0.39, 0.29) is 6.08 Å². The first-order valence-electron chi connectivity index (χ1n) is 5.37. The molecule has 0 atom stereocenters. The van der Waals surface area contributed by atoms with Gasteiger partial charge < -0.3 is 14.1 Å². The number of aromatic nitrogens is 1. The van der Waals surface area contributed by atoms with Crippen molar-refractivity contribution in [3.63, 3.8) is 0 Å². The second kappa shape index (κ2) is 4.45. The Labute approximate surface area is 98.6 Å². The van der Waals surface area contributed by atoms with Crippen molar-refractivity contribution in [1.29, 1.82) is 0 Å². The Balaban J connectivity index is 2.60. The van der Waals surface area contributed by atoms with Gasteiger partial charge in [0.25, 0.3) is 0 Å². The van der Waals surface area contributed by atoms with E-state index in [1.165, 1.54) is 0 Å². The zero-order valence-electron chi connectivity index (χ0n) is 10.1. The molecule has 0 aliphatic carbocycles. The molecule has 0 aliphatic heterocycles. The zero-order valence-corrected chi connectivity index (χ0v) is 10.1. The van der Waals surface area contributed by atoms with Crippen LogP contribution in [-0.4, -0.2) is 25.7 Å². The molecule has 0 bridgehead atoms. The molecule has 2 rings (SSSR count). The summed E-state index contributed by atoms with van der Waals surface area (Å²) >= 11 is 0. The van der Waals surface area contributed by atoms with Crippen LogP contribution in [0.3, 0.4) is 0 Å². The van der Waals surface area contributed by atoms with E-state index in [9.17, 15) is 4.79 Å². The molecule has 1 aromatic heterocycles. The minimum absolute atomic E-state index is 0.0163. The maximum absolute atomic E-state index is 11.7. The molecule has 0 aliphatic rings. The maximum Gasteiger partial charge on any atom is 0.397 e. The SMILES string of the molecule is CCOc1nc2ccc(N(C)C)cc2c(=O)o1. The summed E-state index contributed by atoms with van der Waals surface area (Å²) in [5, 5.41) is 0.458. The van der Waals surface area contributed by atoms with E-state index >= 15 is 0 Å². The van der Waals surface area contributed by atoms with Crippen LogP contribution < -0.4 is 15.3 Å². The van der Waals surface area contributed by atoms with E-state index in [4.69, 9.17) is 9.15 Å². The summed E-state index contributed by atoms with van der Waals surface area (Å²) in [6, 6.07) is 5.43. The average Bonchev–Trinajstić information content (AvgIpc) is 2.29. The molecule has 0 spiro atoms. The Morgan fingerprint density at radius 1 is 1.41 bits per heavy atom. The fourth-order valence-electron chi connectivity index (χ4n) is 1.50. The van der Waals surface area contributed by atoms with Crippen LogP contribution in [0.5, 0.6) is 6.08 Å². The first-order valence-corrected chi connectivity index (χ1v) is 5.37. The fourth-order valence-corrected chi connectivity index (χ4v) is 1.50. The third kappa shape index (κ3) is 2.22. The minimum Gasteiger partial charge on any atom is -0.450 e. The van der Waals surface area contributed by atoms with E-state index in [1.807, 2.05) is 25.1 Å². The van der Waals surface area contributed by atoms with Crippen molar-refractivity contribution in [2.75, 3.05) is 25.6 Å². The lowest BCUT2D eigenvalue weighted by atomic mass is 10.2. The van der Waals surface area contributed by atoms with Crippen LogP contribution in [0.4, 0.5) is 5.69 Å². The molecule has 5 heteroatoms. The highest BCUT2D eigenvalue weighted by molar-refractivity contribution is 5.81. The Kier molecular flexibility index (Phi) is 2.99. The van der Waals surface area contributed by atoms with Gasteiger partial charge in [0.2, 0.25) is 0 Å². The summed E-state index contributed by atoms with van der Waals surface area (Å²) in [6.45, 7) is 2.22. The molecular formula is C12H14N2O3. The quantitative estimate of drug-likeness (QED) is 0.808. The summed E-state index contributed by atoms with van der Waals surface area (Å²) in [4.78, 5) is 17.8. The molecule has 0 saturated heterocycles. The van der Waals surface area contributed by atoms with E-state index in [0.717, 1.165) is 5.69 Å². The number of hydrogen-bond donors (Lipinski definition) is 0. The third-order valence-corrected chi connectivity index (χ3v) is 2.38. The molecule has 2 aromatic rings. The first-order chi connectivity index (χ1) is 8.11. The van der Waals surface area contributed by atoms with Gasteiger partial charge in [-0.15, -0.1) is 0 Å². The normalized spacial score (nSPS) is 10.5. The van der Waals surface area contributed by atoms with Gasteiger partial charge in [0, 0.05) is 19.8 Å². The number of anilines is 1. The van der Waals surface area contributed by atoms with Crippen molar-refractivity contribution in [1.82, 2.24) is 4.98 Å². The van der Waals surface area contributed by atoms with Crippen molar-refractivity contribution < 1.29 is 9.15 Å². The Morgan fingerprint density at radius 2 is 2.18 bits per heavy atom. The minimum atomic E-state index is -0.429. The van der Waals surface area contributed by atoms with Crippen LogP contribution in [0.2, 0.25) is 0 Å². The summed E-state index contributed by atoms with van der Waals surface area (Å²) in [5.74, 6) is 0. The van der Waals surface area contributed by atoms with Gasteiger partial charge in [-0.05, 0) is 25.1 Å². The number of fused-ring (bicyclic) bond motifs is 1. The molecule has 0 amide bonds. The van der Waals surface area contributed by atoms with Gasteiger partial charge in [-0.2, -0.15) is 4.98 Å². The zero-order chi connectivity index (χ0) is 12.4. The molecule has 0 radical (unpaired) electrons. The molecular weight excluding hydrogens is 220 g/mol. The fraction of sp³-hybridized carbons (Fsp3) is 0.333.